The van der Waals surface area contributed by atoms with Crippen molar-refractivity contribution in [3.63, 3.8) is 0 Å². The van der Waals surface area contributed by atoms with Crippen LogP contribution in [0.2, 0.25) is 0 Å². The molecule has 0 saturated heterocycles. The first-order chi connectivity index (χ1) is 1.41. The van der Waals surface area contributed by atoms with E-state index in [-0.39, 0.29) is 20.3 Å². The van der Waals surface area contributed by atoms with E-state index < -0.39 is 0 Å². The van der Waals surface area contributed by atoms with E-state index >= 15 is 0 Å². The average molecular weight is 52.0 g/mol. The maximum Gasteiger partial charge on any atom is 1.00 e. The summed E-state index contributed by atoms with van der Waals surface area (Å²) in [5, 5.41) is 7.33. The summed E-state index contributed by atoms with van der Waals surface area (Å²) in [4.78, 5) is 0. The quantitative estimate of drug-likeness (QED) is 0.245. The van der Waals surface area contributed by atoms with Crippen molar-refractivity contribution in [2.45, 2.75) is 0 Å². The van der Waals surface area contributed by atoms with Crippen LogP contribution in [0.1, 0.15) is 1.43 Å². The Labute approximate surface area is 39.0 Å². The van der Waals surface area contributed by atoms with Gasteiger partial charge in [0.1, 0.15) is 0 Å². The molecule has 0 aliphatic rings. The first kappa shape index (κ1) is 8.91. The summed E-state index contributed by atoms with van der Waals surface area (Å²) >= 11 is 0. The van der Waals surface area contributed by atoms with E-state index in [1.54, 1.807) is 0 Å². The van der Waals surface area contributed by atoms with Crippen molar-refractivity contribution in [3.8, 4) is 0 Å². The van der Waals surface area contributed by atoms with Gasteiger partial charge in [0.15, 0.2) is 0 Å². The molecule has 0 rings (SSSR count). The maximum absolute atomic E-state index is 7.33. The molecule has 4 heavy (non-hydrogen) atoms. The van der Waals surface area contributed by atoms with Crippen LogP contribution in [0, 0.1) is 0 Å². The standard InChI is InChI=1S/C2H4O.Li.H/c1-2-3;;/h2-3H,1H2;;/q;+1;-1. The molecule has 0 radical (unpaired) electrons. The summed E-state index contributed by atoms with van der Waals surface area (Å²) in [6.45, 7) is 2.92. The molecule has 0 atom stereocenters. The molecule has 2 heteroatoms. The Morgan fingerprint density at radius 3 is 2.00 bits per heavy atom. The van der Waals surface area contributed by atoms with Gasteiger partial charge in [0.05, 0.1) is 6.26 Å². The van der Waals surface area contributed by atoms with Crippen LogP contribution in [0.15, 0.2) is 12.8 Å². The van der Waals surface area contributed by atoms with Gasteiger partial charge < -0.3 is 6.53 Å². The van der Waals surface area contributed by atoms with Gasteiger partial charge >= 0.3 is 18.9 Å². The van der Waals surface area contributed by atoms with Crippen molar-refractivity contribution in [1.29, 1.82) is 0 Å². The fourth-order valence-electron chi connectivity index (χ4n) is 0. The Kier molecular flexibility index (Phi) is 24.7. The molecule has 0 amide bonds. The second kappa shape index (κ2) is 11.1. The SMILES string of the molecule is C=CO.[H-].[Li+]. The molecule has 1 nitrogen and oxygen atoms in total. The molecule has 0 heterocycles. The summed E-state index contributed by atoms with van der Waals surface area (Å²) in [7, 11) is 0. The van der Waals surface area contributed by atoms with Crippen LogP contribution >= 0.6 is 0 Å². The molecule has 0 spiro atoms. The number of hydrogen-bond acceptors (Lipinski definition) is 1. The first-order valence-electron chi connectivity index (χ1n) is 0.666. The predicted octanol–water partition coefficient (Wildman–Crippen LogP) is -2.20. The van der Waals surface area contributed by atoms with E-state index in [0.29, 0.717) is 0 Å². The third kappa shape index (κ3) is 146. The second-order valence-corrected chi connectivity index (χ2v) is 0.183. The number of hydrogen-bond donors (Lipinski definition) is 1. The molecule has 0 aromatic carbocycles. The zero-order valence-electron chi connectivity index (χ0n) is 3.73. The maximum atomic E-state index is 7.33. The Morgan fingerprint density at radius 1 is 2.00 bits per heavy atom. The zero-order valence-corrected chi connectivity index (χ0v) is 2.73. The summed E-state index contributed by atoms with van der Waals surface area (Å²) in [5.41, 5.74) is 0. The summed E-state index contributed by atoms with van der Waals surface area (Å²) in [6.07, 6.45) is 0.750. The fourth-order valence-corrected chi connectivity index (χ4v) is 0. The summed E-state index contributed by atoms with van der Waals surface area (Å²) < 4.78 is 0. The molecular weight excluding hydrogens is 47.0 g/mol. The van der Waals surface area contributed by atoms with E-state index in [2.05, 4.69) is 6.58 Å². The van der Waals surface area contributed by atoms with Gasteiger partial charge in [-0.05, 0) is 0 Å². The van der Waals surface area contributed by atoms with Gasteiger partial charge in [0.2, 0.25) is 0 Å². The van der Waals surface area contributed by atoms with E-state index in [9.17, 15) is 0 Å². The largest absolute Gasteiger partial charge is 1.00 e. The molecule has 0 aliphatic heterocycles. The van der Waals surface area contributed by atoms with Crippen molar-refractivity contribution in [2.24, 2.45) is 0 Å². The minimum absolute atomic E-state index is 0. The minimum Gasteiger partial charge on any atom is -1.00 e. The molecule has 1 N–H and O–H groups in total. The molecule has 20 valence electrons. The zero-order chi connectivity index (χ0) is 2.71. The Hall–Kier alpha value is 0.137. The Morgan fingerprint density at radius 2 is 2.00 bits per heavy atom. The topological polar surface area (TPSA) is 20.2 Å². The van der Waals surface area contributed by atoms with Crippen LogP contribution in [0.4, 0.5) is 0 Å². The molecule has 0 aliphatic carbocycles. The summed E-state index contributed by atoms with van der Waals surface area (Å²) in [6, 6.07) is 0. The molecule has 0 bridgehead atoms. The molecule has 0 fully saturated rings. The molecule has 0 aromatic heterocycles. The van der Waals surface area contributed by atoms with Crippen LogP contribution in [0.25, 0.3) is 0 Å². The van der Waals surface area contributed by atoms with Crippen molar-refractivity contribution in [2.75, 3.05) is 0 Å². The van der Waals surface area contributed by atoms with Gasteiger partial charge in [-0.25, -0.2) is 0 Å². The van der Waals surface area contributed by atoms with Gasteiger partial charge in [-0.3, -0.25) is 0 Å². The molecule has 0 saturated carbocycles. The van der Waals surface area contributed by atoms with Gasteiger partial charge in [-0.1, -0.05) is 6.58 Å². The Bertz CT molecular complexity index is 17.1. The van der Waals surface area contributed by atoms with Gasteiger partial charge in [0, 0.05) is 0 Å². The second-order valence-electron chi connectivity index (χ2n) is 0.183. The Balaban J connectivity index is -0.0000000200. The third-order valence-corrected chi connectivity index (χ3v) is 0. The van der Waals surface area contributed by atoms with Crippen LogP contribution in [-0.4, -0.2) is 5.11 Å². The van der Waals surface area contributed by atoms with Crippen molar-refractivity contribution < 1.29 is 25.4 Å². The monoisotopic (exact) mass is 52.1 g/mol. The number of aliphatic hydroxyl groups is 1. The third-order valence-electron chi connectivity index (χ3n) is 0. The molecule has 0 unspecified atom stereocenters. The van der Waals surface area contributed by atoms with Gasteiger partial charge in [-0.2, -0.15) is 0 Å². The van der Waals surface area contributed by atoms with Crippen LogP contribution in [0.3, 0.4) is 0 Å². The smallest absolute Gasteiger partial charge is 1.00 e. The predicted molar refractivity (Wildman–Crippen MR) is 13.9 cm³/mol. The van der Waals surface area contributed by atoms with Crippen LogP contribution in [-0.2, 0) is 0 Å². The van der Waals surface area contributed by atoms with Gasteiger partial charge in [-0.15, -0.1) is 0 Å². The van der Waals surface area contributed by atoms with Crippen molar-refractivity contribution in [1.82, 2.24) is 0 Å². The van der Waals surface area contributed by atoms with E-state index in [0.717, 1.165) is 6.26 Å². The van der Waals surface area contributed by atoms with Gasteiger partial charge in [0.25, 0.3) is 0 Å². The van der Waals surface area contributed by atoms with Crippen molar-refractivity contribution in [3.05, 3.63) is 12.8 Å². The molecule has 0 aromatic rings. The van der Waals surface area contributed by atoms with E-state index in [1.165, 1.54) is 0 Å². The number of rotatable bonds is 0. The minimum atomic E-state index is 0. The normalized spacial score (nSPS) is 3.00. The fraction of sp³-hybridized carbons (Fsp3) is 0. The first-order valence-corrected chi connectivity index (χ1v) is 0.666. The molecular formula is C2H5LiO. The van der Waals surface area contributed by atoms with E-state index in [1.807, 2.05) is 0 Å². The average Bonchev–Trinajstić information content (AvgIpc) is 0.918. The van der Waals surface area contributed by atoms with Crippen LogP contribution in [0.5, 0.6) is 0 Å². The number of aliphatic hydroxyl groups excluding tert-OH is 1. The van der Waals surface area contributed by atoms with Crippen molar-refractivity contribution >= 4 is 0 Å². The van der Waals surface area contributed by atoms with Crippen LogP contribution < -0.4 is 18.9 Å². The summed E-state index contributed by atoms with van der Waals surface area (Å²) in [5.74, 6) is 0. The van der Waals surface area contributed by atoms with E-state index in [4.69, 9.17) is 5.11 Å².